The van der Waals surface area contributed by atoms with Gasteiger partial charge in [0.05, 0.1) is 5.56 Å². The van der Waals surface area contributed by atoms with Gasteiger partial charge in [-0.15, -0.1) is 0 Å². The Morgan fingerprint density at radius 3 is 2.55 bits per heavy atom. The molecule has 1 aromatic carbocycles. The van der Waals surface area contributed by atoms with E-state index >= 15 is 0 Å². The lowest BCUT2D eigenvalue weighted by Gasteiger charge is -2.09. The number of hydrogen-bond acceptors (Lipinski definition) is 3. The van der Waals surface area contributed by atoms with Crippen LogP contribution >= 0.6 is 27.7 Å². The molecule has 0 unspecified atom stereocenters. The van der Waals surface area contributed by atoms with E-state index in [9.17, 15) is 13.2 Å². The molecule has 20 heavy (non-hydrogen) atoms. The average molecular weight is 359 g/mol. The van der Waals surface area contributed by atoms with Crippen LogP contribution in [0.3, 0.4) is 0 Å². The third-order valence-corrected chi connectivity index (χ3v) is 3.77. The molecule has 2 nitrogen and oxygen atoms in total. The van der Waals surface area contributed by atoms with Crippen molar-refractivity contribution in [1.82, 2.24) is 4.98 Å². The molecule has 0 bridgehead atoms. The molecule has 0 spiro atoms. The standard InChI is InChI=1S/C13H6BrF3N2S/c14-9-2-1-3-10(6-9)20-12-8(7-18)4-5-11(19-12)13(15,16)17/h1-6H. The van der Waals surface area contributed by atoms with E-state index in [1.54, 1.807) is 24.3 Å². The van der Waals surface area contributed by atoms with Crippen molar-refractivity contribution in [2.45, 2.75) is 16.1 Å². The summed E-state index contributed by atoms with van der Waals surface area (Å²) in [7, 11) is 0. The van der Waals surface area contributed by atoms with E-state index in [0.717, 1.165) is 28.4 Å². The van der Waals surface area contributed by atoms with E-state index < -0.39 is 11.9 Å². The maximum atomic E-state index is 12.6. The van der Waals surface area contributed by atoms with Crippen molar-refractivity contribution >= 4 is 27.7 Å². The molecule has 102 valence electrons. The van der Waals surface area contributed by atoms with Gasteiger partial charge in [0, 0.05) is 9.37 Å². The number of nitriles is 1. The molecule has 0 fully saturated rings. The van der Waals surface area contributed by atoms with Crippen LogP contribution in [0.15, 0.2) is 50.8 Å². The number of aromatic nitrogens is 1. The van der Waals surface area contributed by atoms with E-state index in [0.29, 0.717) is 4.90 Å². The van der Waals surface area contributed by atoms with Gasteiger partial charge in [0.1, 0.15) is 16.8 Å². The maximum Gasteiger partial charge on any atom is 0.433 e. The quantitative estimate of drug-likeness (QED) is 0.767. The molecule has 0 aliphatic heterocycles. The SMILES string of the molecule is N#Cc1ccc(C(F)(F)F)nc1Sc1cccc(Br)c1. The summed E-state index contributed by atoms with van der Waals surface area (Å²) in [6.45, 7) is 0. The summed E-state index contributed by atoms with van der Waals surface area (Å²) in [6, 6.07) is 10.8. The second-order valence-corrected chi connectivity index (χ2v) is 5.70. The Kier molecular flexibility index (Phi) is 4.35. The molecule has 1 aromatic heterocycles. The van der Waals surface area contributed by atoms with Gasteiger partial charge in [0.25, 0.3) is 0 Å². The van der Waals surface area contributed by atoms with Crippen LogP contribution in [-0.4, -0.2) is 4.98 Å². The Morgan fingerprint density at radius 2 is 1.95 bits per heavy atom. The Hall–Kier alpha value is -1.52. The first-order chi connectivity index (χ1) is 9.40. The molecule has 0 radical (unpaired) electrons. The molecule has 0 aliphatic rings. The van der Waals surface area contributed by atoms with Crippen LogP contribution in [0.1, 0.15) is 11.3 Å². The van der Waals surface area contributed by atoms with Crippen molar-refractivity contribution in [2.24, 2.45) is 0 Å². The predicted octanol–water partition coefficient (Wildman–Crippen LogP) is 4.89. The number of halogens is 4. The Balaban J connectivity index is 2.42. The molecule has 0 saturated carbocycles. The molecule has 7 heteroatoms. The maximum absolute atomic E-state index is 12.6. The zero-order chi connectivity index (χ0) is 14.8. The van der Waals surface area contributed by atoms with Crippen LogP contribution in [-0.2, 0) is 6.18 Å². The Morgan fingerprint density at radius 1 is 1.20 bits per heavy atom. The van der Waals surface area contributed by atoms with Crippen molar-refractivity contribution in [2.75, 3.05) is 0 Å². The van der Waals surface area contributed by atoms with E-state index in [2.05, 4.69) is 20.9 Å². The van der Waals surface area contributed by atoms with Gasteiger partial charge in [-0.25, -0.2) is 4.98 Å². The minimum atomic E-state index is -4.53. The smallest absolute Gasteiger partial charge is 0.235 e. The fourth-order valence-electron chi connectivity index (χ4n) is 1.40. The third kappa shape index (κ3) is 3.52. The summed E-state index contributed by atoms with van der Waals surface area (Å²) < 4.78 is 38.7. The van der Waals surface area contributed by atoms with Crippen molar-refractivity contribution < 1.29 is 13.2 Å². The fraction of sp³-hybridized carbons (Fsp3) is 0.0769. The van der Waals surface area contributed by atoms with Gasteiger partial charge < -0.3 is 0 Å². The van der Waals surface area contributed by atoms with Gasteiger partial charge in [0.2, 0.25) is 0 Å². The molecule has 2 rings (SSSR count). The van der Waals surface area contributed by atoms with E-state index in [4.69, 9.17) is 5.26 Å². The highest BCUT2D eigenvalue weighted by Gasteiger charge is 2.33. The highest BCUT2D eigenvalue weighted by atomic mass is 79.9. The lowest BCUT2D eigenvalue weighted by atomic mass is 10.2. The van der Waals surface area contributed by atoms with Gasteiger partial charge in [-0.3, -0.25) is 0 Å². The number of benzene rings is 1. The summed E-state index contributed by atoms with van der Waals surface area (Å²) in [5.74, 6) is 0. The van der Waals surface area contributed by atoms with Gasteiger partial charge >= 0.3 is 6.18 Å². The fourth-order valence-corrected chi connectivity index (χ4v) is 2.88. The molecule has 0 aliphatic carbocycles. The first-order valence-corrected chi connectivity index (χ1v) is 6.93. The van der Waals surface area contributed by atoms with Crippen molar-refractivity contribution in [3.63, 3.8) is 0 Å². The Bertz CT molecular complexity index is 680. The Labute approximate surface area is 125 Å². The third-order valence-electron chi connectivity index (χ3n) is 2.28. The zero-order valence-electron chi connectivity index (χ0n) is 9.78. The van der Waals surface area contributed by atoms with Crippen LogP contribution in [0.25, 0.3) is 0 Å². The van der Waals surface area contributed by atoms with Gasteiger partial charge in [-0.05, 0) is 30.3 Å². The monoisotopic (exact) mass is 358 g/mol. The minimum Gasteiger partial charge on any atom is -0.235 e. The molecule has 0 atom stereocenters. The first-order valence-electron chi connectivity index (χ1n) is 5.32. The second kappa shape index (κ2) is 5.85. The van der Waals surface area contributed by atoms with Crippen LogP contribution < -0.4 is 0 Å². The van der Waals surface area contributed by atoms with Crippen LogP contribution in [0, 0.1) is 11.3 Å². The van der Waals surface area contributed by atoms with E-state index in [-0.39, 0.29) is 10.6 Å². The van der Waals surface area contributed by atoms with E-state index in [1.165, 1.54) is 0 Å². The molecular weight excluding hydrogens is 353 g/mol. The number of nitrogens with zero attached hydrogens (tertiary/aromatic N) is 2. The normalized spacial score (nSPS) is 11.2. The lowest BCUT2D eigenvalue weighted by Crippen LogP contribution is -2.08. The van der Waals surface area contributed by atoms with E-state index in [1.807, 2.05) is 6.07 Å². The summed E-state index contributed by atoms with van der Waals surface area (Å²) in [4.78, 5) is 4.24. The average Bonchev–Trinajstić information content (AvgIpc) is 2.37. The molecule has 0 N–H and O–H groups in total. The predicted molar refractivity (Wildman–Crippen MR) is 72.2 cm³/mol. The summed E-state index contributed by atoms with van der Waals surface area (Å²) in [6.07, 6.45) is -4.53. The second-order valence-electron chi connectivity index (χ2n) is 3.72. The molecular formula is C13H6BrF3N2S. The number of rotatable bonds is 2. The molecule has 0 saturated heterocycles. The lowest BCUT2D eigenvalue weighted by molar-refractivity contribution is -0.141. The molecule has 2 aromatic rings. The van der Waals surface area contributed by atoms with Crippen molar-refractivity contribution in [3.05, 3.63) is 52.1 Å². The first kappa shape index (κ1) is 14.9. The minimum absolute atomic E-state index is 0.0421. The van der Waals surface area contributed by atoms with Crippen molar-refractivity contribution in [3.8, 4) is 6.07 Å². The highest BCUT2D eigenvalue weighted by molar-refractivity contribution is 9.10. The topological polar surface area (TPSA) is 36.7 Å². The van der Waals surface area contributed by atoms with Crippen LogP contribution in [0.2, 0.25) is 0 Å². The number of hydrogen-bond donors (Lipinski definition) is 0. The van der Waals surface area contributed by atoms with Crippen LogP contribution in [0.4, 0.5) is 13.2 Å². The summed E-state index contributed by atoms with van der Waals surface area (Å²) in [5.41, 5.74) is -0.892. The van der Waals surface area contributed by atoms with Crippen LogP contribution in [0.5, 0.6) is 0 Å². The number of alkyl halides is 3. The molecule has 1 heterocycles. The van der Waals surface area contributed by atoms with Gasteiger partial charge in [-0.2, -0.15) is 18.4 Å². The number of pyridine rings is 1. The van der Waals surface area contributed by atoms with Gasteiger partial charge in [0.15, 0.2) is 0 Å². The van der Waals surface area contributed by atoms with Crippen molar-refractivity contribution in [1.29, 1.82) is 5.26 Å². The largest absolute Gasteiger partial charge is 0.433 e. The zero-order valence-corrected chi connectivity index (χ0v) is 12.2. The molecule has 0 amide bonds. The summed E-state index contributed by atoms with van der Waals surface area (Å²) >= 11 is 4.30. The highest BCUT2D eigenvalue weighted by Crippen LogP contribution is 2.34. The van der Waals surface area contributed by atoms with Gasteiger partial charge in [-0.1, -0.05) is 33.8 Å². The summed E-state index contributed by atoms with van der Waals surface area (Å²) in [5, 5.41) is 8.99.